The molecule has 0 unspecified atom stereocenters. The van der Waals surface area contributed by atoms with Gasteiger partial charge < -0.3 is 14.6 Å². The molecule has 0 saturated carbocycles. The largest absolute Gasteiger partial charge is 0.455 e. The van der Waals surface area contributed by atoms with E-state index in [1.54, 1.807) is 60.3 Å². The Bertz CT molecular complexity index is 1460. The third-order valence-electron chi connectivity index (χ3n) is 5.28. The Morgan fingerprint density at radius 1 is 1.09 bits per heavy atom. The van der Waals surface area contributed by atoms with Crippen molar-refractivity contribution in [1.82, 2.24) is 9.55 Å². The smallest absolute Gasteiger partial charge is 0.228 e. The fraction of sp³-hybridized carbons (Fsp3) is 0.154. The first kappa shape index (κ1) is 24.2. The number of ether oxygens (including phenoxy) is 1. The summed E-state index contributed by atoms with van der Waals surface area (Å²) in [4.78, 5) is 17.1. The number of nitrogens with one attached hydrogen (secondary N) is 1. The van der Waals surface area contributed by atoms with Gasteiger partial charge in [-0.05, 0) is 48.9 Å². The van der Waals surface area contributed by atoms with Crippen LogP contribution in [0.5, 0.6) is 11.5 Å². The Kier molecular flexibility index (Phi) is 6.97. The van der Waals surface area contributed by atoms with Gasteiger partial charge in [-0.3, -0.25) is 4.79 Å². The van der Waals surface area contributed by atoms with E-state index in [1.807, 2.05) is 13.1 Å². The topological polar surface area (TPSA) is 90.3 Å². The average molecular weight is 494 g/mol. The second-order valence-electron chi connectivity index (χ2n) is 7.94. The van der Waals surface area contributed by atoms with Crippen molar-refractivity contribution in [2.24, 2.45) is 0 Å². The number of imidazole rings is 1. The molecule has 1 N–H and O–H groups in total. The quantitative estimate of drug-likeness (QED) is 0.369. The van der Waals surface area contributed by atoms with Gasteiger partial charge >= 0.3 is 0 Å². The first-order chi connectivity index (χ1) is 16.7. The second-order valence-corrected chi connectivity index (χ2v) is 10.2. The van der Waals surface area contributed by atoms with Crippen molar-refractivity contribution >= 4 is 21.4 Å². The highest BCUT2D eigenvalue weighted by Crippen LogP contribution is 2.32. The maximum Gasteiger partial charge on any atom is 0.228 e. The number of rotatable bonds is 8. The predicted octanol–water partition coefficient (Wildman–Crippen LogP) is 5.09. The summed E-state index contributed by atoms with van der Waals surface area (Å²) in [5.41, 5.74) is 2.66. The molecule has 0 aliphatic heterocycles. The molecule has 35 heavy (non-hydrogen) atoms. The van der Waals surface area contributed by atoms with Crippen molar-refractivity contribution in [3.05, 3.63) is 96.3 Å². The summed E-state index contributed by atoms with van der Waals surface area (Å²) in [5, 5.41) is 2.83. The van der Waals surface area contributed by atoms with E-state index in [1.165, 1.54) is 24.3 Å². The molecule has 1 aromatic heterocycles. The molecule has 0 fully saturated rings. The third-order valence-corrected chi connectivity index (χ3v) is 7.03. The number of hydrogen-bond donors (Lipinski definition) is 1. The van der Waals surface area contributed by atoms with Gasteiger partial charge in [-0.1, -0.05) is 25.1 Å². The third kappa shape index (κ3) is 5.93. The van der Waals surface area contributed by atoms with Gasteiger partial charge in [0, 0.05) is 24.0 Å². The van der Waals surface area contributed by atoms with Crippen LogP contribution in [0.3, 0.4) is 0 Å². The van der Waals surface area contributed by atoms with Gasteiger partial charge in [0.25, 0.3) is 0 Å². The molecule has 180 valence electrons. The van der Waals surface area contributed by atoms with Crippen molar-refractivity contribution in [3.63, 3.8) is 0 Å². The van der Waals surface area contributed by atoms with E-state index < -0.39 is 15.7 Å². The monoisotopic (exact) mass is 493 g/mol. The Labute approximate surface area is 203 Å². The average Bonchev–Trinajstić information content (AvgIpc) is 3.25. The Hall–Kier alpha value is -3.98. The maximum atomic E-state index is 13.7. The highest BCUT2D eigenvalue weighted by atomic mass is 32.2. The molecule has 0 aliphatic carbocycles. The van der Waals surface area contributed by atoms with Gasteiger partial charge in [-0.2, -0.15) is 0 Å². The Balaban J connectivity index is 1.55. The Morgan fingerprint density at radius 3 is 2.51 bits per heavy atom. The van der Waals surface area contributed by atoms with Crippen LogP contribution in [-0.2, 0) is 21.1 Å². The summed E-state index contributed by atoms with van der Waals surface area (Å²) in [6.07, 6.45) is 3.53. The molecule has 0 aliphatic rings. The number of carbonyl (C=O) groups is 1. The molecule has 4 rings (SSSR count). The van der Waals surface area contributed by atoms with Crippen molar-refractivity contribution < 1.29 is 22.3 Å². The molecule has 1 heterocycles. The minimum atomic E-state index is -3.30. The summed E-state index contributed by atoms with van der Waals surface area (Å²) >= 11 is 0. The number of anilines is 1. The number of sulfone groups is 1. The van der Waals surface area contributed by atoms with Gasteiger partial charge in [-0.25, -0.2) is 17.8 Å². The molecule has 4 aromatic rings. The molecule has 0 atom stereocenters. The fourth-order valence-electron chi connectivity index (χ4n) is 3.47. The van der Waals surface area contributed by atoms with E-state index in [0.29, 0.717) is 28.4 Å². The lowest BCUT2D eigenvalue weighted by atomic mass is 10.1. The van der Waals surface area contributed by atoms with Crippen LogP contribution in [-0.4, -0.2) is 29.6 Å². The lowest BCUT2D eigenvalue weighted by Crippen LogP contribution is -2.14. The maximum absolute atomic E-state index is 13.7. The van der Waals surface area contributed by atoms with Crippen molar-refractivity contribution in [2.45, 2.75) is 25.2 Å². The predicted molar refractivity (Wildman–Crippen MR) is 131 cm³/mol. The van der Waals surface area contributed by atoms with Crippen LogP contribution in [0, 0.1) is 12.7 Å². The highest BCUT2D eigenvalue weighted by Gasteiger charge is 2.14. The molecule has 3 aromatic carbocycles. The molecule has 0 saturated heterocycles. The number of nitrogens with zero attached hydrogens (tertiary/aromatic N) is 2. The summed E-state index contributed by atoms with van der Waals surface area (Å²) in [7, 11) is -3.30. The number of carbonyl (C=O) groups excluding carboxylic acids is 1. The van der Waals surface area contributed by atoms with E-state index in [2.05, 4.69) is 10.3 Å². The minimum absolute atomic E-state index is 0.0154. The number of aryl methyl sites for hydroxylation is 1. The summed E-state index contributed by atoms with van der Waals surface area (Å²) in [6.45, 7) is 3.45. The first-order valence-corrected chi connectivity index (χ1v) is 12.6. The van der Waals surface area contributed by atoms with Crippen LogP contribution < -0.4 is 10.1 Å². The molecule has 9 heteroatoms. The molecule has 0 radical (unpaired) electrons. The number of hydrogen-bond acceptors (Lipinski definition) is 5. The number of aromatic nitrogens is 2. The molecule has 1 amide bonds. The number of amides is 1. The summed E-state index contributed by atoms with van der Waals surface area (Å²) < 4.78 is 45.4. The Morgan fingerprint density at radius 2 is 1.86 bits per heavy atom. The van der Waals surface area contributed by atoms with Gasteiger partial charge in [0.1, 0.15) is 11.6 Å². The van der Waals surface area contributed by atoms with Crippen LogP contribution in [0.2, 0.25) is 0 Å². The molecular formula is C26H24FN3O4S. The van der Waals surface area contributed by atoms with Crippen LogP contribution in [0.1, 0.15) is 18.2 Å². The summed E-state index contributed by atoms with van der Waals surface area (Å²) in [5.74, 6) is 0.0268. The number of halogens is 1. The second kappa shape index (κ2) is 10.1. The van der Waals surface area contributed by atoms with E-state index >= 15 is 0 Å². The van der Waals surface area contributed by atoms with Crippen LogP contribution in [0.4, 0.5) is 10.1 Å². The van der Waals surface area contributed by atoms with Crippen molar-refractivity contribution in [2.75, 3.05) is 11.1 Å². The van der Waals surface area contributed by atoms with Crippen molar-refractivity contribution in [1.29, 1.82) is 0 Å². The lowest BCUT2D eigenvalue weighted by molar-refractivity contribution is -0.115. The first-order valence-electron chi connectivity index (χ1n) is 10.9. The van der Waals surface area contributed by atoms with Gasteiger partial charge in [0.15, 0.2) is 15.6 Å². The van der Waals surface area contributed by atoms with E-state index in [4.69, 9.17) is 4.74 Å². The van der Waals surface area contributed by atoms with E-state index in [9.17, 15) is 17.6 Å². The SMILES string of the molecule is CCS(=O)(=O)c1ccc(CC(=O)Nc2ccc(-n3cnc(C)c3)c(Oc3cccc(F)c3)c2)cc1. The van der Waals surface area contributed by atoms with Crippen molar-refractivity contribution in [3.8, 4) is 17.2 Å². The standard InChI is InChI=1S/C26H24FN3O4S/c1-3-35(32,33)23-10-7-19(8-11-23)13-26(31)29-21-9-12-24(30-16-18(2)28-17-30)25(15-21)34-22-6-4-5-20(27)14-22/h4-12,14-17H,3,13H2,1-2H3,(H,29,31). The van der Waals surface area contributed by atoms with Gasteiger partial charge in [0.2, 0.25) is 5.91 Å². The minimum Gasteiger partial charge on any atom is -0.455 e. The van der Waals surface area contributed by atoms with Crippen LogP contribution in [0.15, 0.2) is 84.1 Å². The molecule has 7 nitrogen and oxygen atoms in total. The number of benzene rings is 3. The molecule has 0 bridgehead atoms. The molecular weight excluding hydrogens is 469 g/mol. The van der Waals surface area contributed by atoms with Crippen LogP contribution >= 0.6 is 0 Å². The molecule has 0 spiro atoms. The van der Waals surface area contributed by atoms with E-state index in [0.717, 1.165) is 5.69 Å². The fourth-order valence-corrected chi connectivity index (χ4v) is 4.35. The van der Waals surface area contributed by atoms with Gasteiger partial charge in [0.05, 0.1) is 34.8 Å². The van der Waals surface area contributed by atoms with E-state index in [-0.39, 0.29) is 23.0 Å². The highest BCUT2D eigenvalue weighted by molar-refractivity contribution is 7.91. The summed E-state index contributed by atoms with van der Waals surface area (Å²) in [6, 6.07) is 17.2. The zero-order chi connectivity index (χ0) is 25.0. The van der Waals surface area contributed by atoms with Crippen LogP contribution in [0.25, 0.3) is 5.69 Å². The normalized spacial score (nSPS) is 11.3. The zero-order valence-corrected chi connectivity index (χ0v) is 20.0. The lowest BCUT2D eigenvalue weighted by Gasteiger charge is -2.14. The van der Waals surface area contributed by atoms with Gasteiger partial charge in [-0.15, -0.1) is 0 Å². The zero-order valence-electron chi connectivity index (χ0n) is 19.2.